The van der Waals surface area contributed by atoms with Crippen LogP contribution >= 0.6 is 0 Å². The van der Waals surface area contributed by atoms with Crippen LogP contribution in [-0.4, -0.2) is 24.5 Å². The molecule has 0 saturated heterocycles. The van der Waals surface area contributed by atoms with Gasteiger partial charge in [0.2, 0.25) is 5.71 Å². The fraction of sp³-hybridized carbons (Fsp3) is 0.207. The van der Waals surface area contributed by atoms with E-state index < -0.39 is 13.7 Å². The van der Waals surface area contributed by atoms with E-state index in [4.69, 9.17) is 31.4 Å². The number of benzene rings is 6. The van der Waals surface area contributed by atoms with Crippen LogP contribution in [0.25, 0.3) is 106 Å². The van der Waals surface area contributed by atoms with Crippen LogP contribution in [0.4, 0.5) is 0 Å². The zero-order valence-electron chi connectivity index (χ0n) is 44.0. The molecule has 67 heavy (non-hydrogen) atoms. The molecule has 0 aliphatic rings. The molecule has 335 valence electrons. The number of aromatic nitrogens is 5. The predicted molar refractivity (Wildman–Crippen MR) is 268 cm³/mol. The molecule has 0 saturated carbocycles. The topological polar surface area (TPSA) is 95.9 Å². The largest absolute Gasteiger partial charge is 0.486 e. The Kier molecular flexibility index (Phi) is 9.29. The first-order valence-corrected chi connectivity index (χ1v) is 22.2. The second-order valence-electron chi connectivity index (χ2n) is 18.4. The first-order valence-electron chi connectivity index (χ1n) is 25.2. The van der Waals surface area contributed by atoms with Gasteiger partial charge in [0.05, 0.1) is 28.3 Å². The van der Waals surface area contributed by atoms with Gasteiger partial charge in [0.1, 0.15) is 22.3 Å². The molecule has 0 fully saturated rings. The Morgan fingerprint density at radius 1 is 0.657 bits per heavy atom. The van der Waals surface area contributed by atoms with E-state index in [0.29, 0.717) is 61.2 Å². The summed E-state index contributed by atoms with van der Waals surface area (Å²) in [6.45, 7) is 10.2. The first kappa shape index (κ1) is 37.2. The summed E-state index contributed by atoms with van der Waals surface area (Å²) >= 11 is 0. The molecule has 0 amide bonds. The first-order chi connectivity index (χ1) is 34.3. The smallest absolute Gasteiger partial charge is 0.216 e. The molecular formula is C58H49IrN5O3-2. The van der Waals surface area contributed by atoms with Gasteiger partial charge in [-0.3, -0.25) is 15.0 Å². The number of nitrogens with zero attached hydrogens (tertiary/aromatic N) is 5. The molecule has 0 atom stereocenters. The Morgan fingerprint density at radius 3 is 2.28 bits per heavy atom. The van der Waals surface area contributed by atoms with Gasteiger partial charge in [-0.1, -0.05) is 95.8 Å². The number of fused-ring (bicyclic) bond motifs is 10. The Balaban J connectivity index is 0.000000307. The molecule has 0 unspecified atom stereocenters. The van der Waals surface area contributed by atoms with Gasteiger partial charge in [0.15, 0.2) is 5.58 Å². The van der Waals surface area contributed by atoms with E-state index in [0.717, 1.165) is 61.2 Å². The van der Waals surface area contributed by atoms with E-state index in [1.165, 1.54) is 6.07 Å². The fourth-order valence-corrected chi connectivity index (χ4v) is 9.08. The minimum absolute atomic E-state index is 0. The van der Waals surface area contributed by atoms with Crippen LogP contribution in [0.2, 0.25) is 0 Å². The molecule has 9 heteroatoms. The molecule has 0 bridgehead atoms. The Morgan fingerprint density at radius 2 is 1.51 bits per heavy atom. The zero-order valence-corrected chi connectivity index (χ0v) is 40.4. The summed E-state index contributed by atoms with van der Waals surface area (Å²) in [5.41, 5.74) is 10.5. The normalized spacial score (nSPS) is 13.8. The van der Waals surface area contributed by atoms with Crippen molar-refractivity contribution in [1.82, 2.24) is 24.5 Å². The van der Waals surface area contributed by atoms with Gasteiger partial charge in [0, 0.05) is 78.4 Å². The van der Waals surface area contributed by atoms with E-state index in [1.807, 2.05) is 83.6 Å². The number of aryl methyl sites for hydroxylation is 2. The molecule has 1 radical (unpaired) electrons. The molecule has 0 spiro atoms. The van der Waals surface area contributed by atoms with Crippen molar-refractivity contribution in [3.05, 3.63) is 162 Å². The molecule has 6 heterocycles. The van der Waals surface area contributed by atoms with Crippen LogP contribution in [0.3, 0.4) is 0 Å². The maximum absolute atomic E-state index is 8.67. The maximum Gasteiger partial charge on any atom is 0.216 e. The molecule has 12 rings (SSSR count). The van der Waals surface area contributed by atoms with Crippen LogP contribution in [0.15, 0.2) is 135 Å². The SMILES string of the molecule is CC(C)(C)c1ccnc(-c2[c-]cccc2)n1.[2H]C([2H])([2H])c1ccc2c(c1)oc1cc3c(nc12)oc1c(-c2nc4cccc(C([2H])([2H])[2H])c4n2-c2c(C(C)C)cc4c(oc5ccccc54)c2C(C)C)[c-]ccc13.[Ir]. The summed E-state index contributed by atoms with van der Waals surface area (Å²) in [6, 6.07) is 42.1. The van der Waals surface area contributed by atoms with Crippen LogP contribution < -0.4 is 0 Å². The number of hydrogen-bond acceptors (Lipinski definition) is 7. The fourth-order valence-electron chi connectivity index (χ4n) is 9.08. The van der Waals surface area contributed by atoms with Gasteiger partial charge in [-0.05, 0) is 84.7 Å². The van der Waals surface area contributed by atoms with Gasteiger partial charge < -0.3 is 17.8 Å². The molecule has 8 nitrogen and oxygen atoms in total. The standard InChI is InChI=1S/C44H34N3O3.C14H15N2.Ir/c1-22(2)30-20-31-26-12-7-8-16-34(26)49-42(31)37(23(3)4)40(30)47-39-25(6)11-9-15-33(39)45-43(47)29-14-10-13-27-32-21-36-38(46-44(32)50-41(27)29)28-18-17-24(5)19-35(28)48-36;1-14(2,3)12-9-10-15-13(16-12)11-7-5-4-6-8-11;/h7-13,15-23H,1-6H3;4-7,9-10H,1-3H3;/q2*-1;/i5D3,6D3;;. The second-order valence-corrected chi connectivity index (χ2v) is 18.4. The number of rotatable bonds is 5. The quantitative estimate of drug-likeness (QED) is 0.158. The molecule has 0 aliphatic carbocycles. The summed E-state index contributed by atoms with van der Waals surface area (Å²) < 4.78 is 71.0. The summed E-state index contributed by atoms with van der Waals surface area (Å²) in [5.74, 6) is 1.20. The third kappa shape index (κ3) is 7.42. The van der Waals surface area contributed by atoms with Gasteiger partial charge in [-0.15, -0.1) is 54.1 Å². The molecule has 6 aromatic heterocycles. The molecule has 12 aromatic rings. The van der Waals surface area contributed by atoms with E-state index in [9.17, 15) is 0 Å². The predicted octanol–water partition coefficient (Wildman–Crippen LogP) is 15.7. The Bertz CT molecular complexity index is 4090. The number of pyridine rings is 1. The summed E-state index contributed by atoms with van der Waals surface area (Å²) in [7, 11) is 0. The van der Waals surface area contributed by atoms with Crippen molar-refractivity contribution in [1.29, 1.82) is 0 Å². The van der Waals surface area contributed by atoms with E-state index >= 15 is 0 Å². The molecule has 0 aliphatic heterocycles. The van der Waals surface area contributed by atoms with Gasteiger partial charge in [-0.25, -0.2) is 4.98 Å². The van der Waals surface area contributed by atoms with Gasteiger partial charge in [-0.2, -0.15) is 0 Å². The average Bonchev–Trinajstić information content (AvgIpc) is 4.11. The van der Waals surface area contributed by atoms with Crippen molar-refractivity contribution in [2.45, 2.75) is 79.4 Å². The summed E-state index contributed by atoms with van der Waals surface area (Å²) in [4.78, 5) is 19.0. The summed E-state index contributed by atoms with van der Waals surface area (Å²) in [5, 5.41) is 4.12. The van der Waals surface area contributed by atoms with Crippen molar-refractivity contribution in [3.63, 3.8) is 0 Å². The minimum Gasteiger partial charge on any atom is -0.486 e. The maximum atomic E-state index is 8.67. The van der Waals surface area contributed by atoms with Crippen LogP contribution in [0.5, 0.6) is 0 Å². The monoisotopic (exact) mass is 1060 g/mol. The zero-order chi connectivity index (χ0) is 50.6. The average molecular weight is 1060 g/mol. The third-order valence-electron chi connectivity index (χ3n) is 12.3. The second kappa shape index (κ2) is 16.7. The van der Waals surface area contributed by atoms with E-state index in [-0.39, 0.29) is 48.5 Å². The van der Waals surface area contributed by atoms with Crippen LogP contribution in [0, 0.1) is 25.8 Å². The van der Waals surface area contributed by atoms with Gasteiger partial charge >= 0.3 is 0 Å². The van der Waals surface area contributed by atoms with Gasteiger partial charge in [0.25, 0.3) is 0 Å². The van der Waals surface area contributed by atoms with Crippen LogP contribution in [-0.2, 0) is 25.5 Å². The molecular weight excluding hydrogens is 1010 g/mol. The summed E-state index contributed by atoms with van der Waals surface area (Å²) in [6.07, 6.45) is 1.81. The Labute approximate surface area is 410 Å². The van der Waals surface area contributed by atoms with Crippen molar-refractivity contribution < 1.29 is 41.6 Å². The van der Waals surface area contributed by atoms with Crippen molar-refractivity contribution >= 4 is 77.1 Å². The number of imidazole rings is 1. The number of para-hydroxylation sites is 2. The molecule has 0 N–H and O–H groups in total. The molecule has 6 aromatic carbocycles. The van der Waals surface area contributed by atoms with Crippen molar-refractivity contribution in [2.75, 3.05) is 0 Å². The van der Waals surface area contributed by atoms with Crippen molar-refractivity contribution in [3.8, 4) is 28.5 Å². The van der Waals surface area contributed by atoms with E-state index in [1.54, 1.807) is 24.3 Å². The number of furan rings is 3. The Hall–Kier alpha value is -6.93. The number of hydrogen-bond donors (Lipinski definition) is 0. The third-order valence-corrected chi connectivity index (χ3v) is 12.3. The van der Waals surface area contributed by atoms with E-state index in [2.05, 4.69) is 82.7 Å². The van der Waals surface area contributed by atoms with Crippen molar-refractivity contribution in [2.24, 2.45) is 0 Å². The van der Waals surface area contributed by atoms with Crippen LogP contribution in [0.1, 0.15) is 96.5 Å². The minimum atomic E-state index is -2.45.